The molecule has 0 aromatic heterocycles. The first-order valence-electron chi connectivity index (χ1n) is 6.93. The largest absolute Gasteiger partial charge is 0.488 e. The number of ether oxygens (including phenoxy) is 2. The van der Waals surface area contributed by atoms with Crippen LogP contribution in [0.15, 0.2) is 24.3 Å². The molecular weight excluding hydrogens is 252 g/mol. The van der Waals surface area contributed by atoms with E-state index in [4.69, 9.17) is 9.47 Å². The number of hydrogen-bond donors (Lipinski definition) is 0. The predicted molar refractivity (Wildman–Crippen MR) is 81.8 cm³/mol. The molecule has 0 saturated heterocycles. The van der Waals surface area contributed by atoms with E-state index in [1.807, 2.05) is 58.0 Å². The highest BCUT2D eigenvalue weighted by molar-refractivity contribution is 5.72. The van der Waals surface area contributed by atoms with Gasteiger partial charge in [-0.05, 0) is 57.9 Å². The van der Waals surface area contributed by atoms with Gasteiger partial charge in [-0.15, -0.1) is 0 Å². The van der Waals surface area contributed by atoms with Gasteiger partial charge >= 0.3 is 5.97 Å². The Morgan fingerprint density at radius 1 is 1.30 bits per heavy atom. The lowest BCUT2D eigenvalue weighted by Gasteiger charge is -2.22. The van der Waals surface area contributed by atoms with Crippen molar-refractivity contribution >= 4 is 12.0 Å². The maximum Gasteiger partial charge on any atom is 0.309 e. The van der Waals surface area contributed by atoms with Gasteiger partial charge in [-0.25, -0.2) is 0 Å². The maximum absolute atomic E-state index is 11.2. The fourth-order valence-electron chi connectivity index (χ4n) is 1.73. The lowest BCUT2D eigenvalue weighted by atomic mass is 10.1. The lowest BCUT2D eigenvalue weighted by molar-refractivity contribution is -0.142. The summed E-state index contributed by atoms with van der Waals surface area (Å²) >= 11 is 0. The van der Waals surface area contributed by atoms with E-state index in [0.29, 0.717) is 13.0 Å². The summed E-state index contributed by atoms with van der Waals surface area (Å²) in [7, 11) is 0. The Hall–Kier alpha value is -1.77. The summed E-state index contributed by atoms with van der Waals surface area (Å²) in [6.45, 7) is 10.3. The summed E-state index contributed by atoms with van der Waals surface area (Å²) in [6.07, 6.45) is 4.04. The molecule has 0 aliphatic rings. The van der Waals surface area contributed by atoms with E-state index in [1.54, 1.807) is 6.92 Å². The molecule has 0 bridgehead atoms. The lowest BCUT2D eigenvalue weighted by Crippen LogP contribution is -2.23. The minimum atomic E-state index is -0.202. The molecule has 110 valence electrons. The smallest absolute Gasteiger partial charge is 0.309 e. The molecule has 0 unspecified atom stereocenters. The topological polar surface area (TPSA) is 35.5 Å². The van der Waals surface area contributed by atoms with Crippen LogP contribution in [0.2, 0.25) is 0 Å². The van der Waals surface area contributed by atoms with Crippen molar-refractivity contribution in [1.29, 1.82) is 0 Å². The molecule has 0 amide bonds. The van der Waals surface area contributed by atoms with Crippen molar-refractivity contribution in [3.8, 4) is 5.75 Å². The quantitative estimate of drug-likeness (QED) is 0.758. The summed E-state index contributed by atoms with van der Waals surface area (Å²) in [6, 6.07) is 5.99. The molecule has 1 aromatic carbocycles. The Balaban J connectivity index is 2.68. The molecule has 0 heterocycles. The number of aryl methyl sites for hydroxylation is 1. The second-order valence-corrected chi connectivity index (χ2v) is 5.65. The second-order valence-electron chi connectivity index (χ2n) is 5.65. The van der Waals surface area contributed by atoms with E-state index in [2.05, 4.69) is 0 Å². The molecule has 1 rings (SSSR count). The van der Waals surface area contributed by atoms with E-state index < -0.39 is 0 Å². The molecule has 0 spiro atoms. The van der Waals surface area contributed by atoms with Crippen molar-refractivity contribution in [3.05, 3.63) is 35.4 Å². The zero-order valence-electron chi connectivity index (χ0n) is 13.0. The summed E-state index contributed by atoms with van der Waals surface area (Å²) < 4.78 is 10.7. The van der Waals surface area contributed by atoms with Crippen molar-refractivity contribution in [2.75, 3.05) is 6.61 Å². The van der Waals surface area contributed by atoms with Gasteiger partial charge in [-0.1, -0.05) is 18.2 Å². The number of rotatable bonds is 5. The first-order chi connectivity index (χ1) is 9.31. The van der Waals surface area contributed by atoms with Crippen LogP contribution in [-0.2, 0) is 9.53 Å². The molecule has 0 aliphatic carbocycles. The first-order valence-corrected chi connectivity index (χ1v) is 6.93. The van der Waals surface area contributed by atoms with Gasteiger partial charge in [-0.3, -0.25) is 4.79 Å². The summed E-state index contributed by atoms with van der Waals surface area (Å²) in [4.78, 5) is 11.2. The third-order valence-electron chi connectivity index (χ3n) is 2.52. The van der Waals surface area contributed by atoms with Gasteiger partial charge < -0.3 is 9.47 Å². The van der Waals surface area contributed by atoms with Crippen molar-refractivity contribution < 1.29 is 14.3 Å². The van der Waals surface area contributed by atoms with Gasteiger partial charge in [0.15, 0.2) is 0 Å². The zero-order chi connectivity index (χ0) is 15.2. The fourth-order valence-corrected chi connectivity index (χ4v) is 1.73. The van der Waals surface area contributed by atoms with Gasteiger partial charge in [0, 0.05) is 0 Å². The molecule has 20 heavy (non-hydrogen) atoms. The summed E-state index contributed by atoms with van der Waals surface area (Å²) in [5.74, 6) is 0.688. The van der Waals surface area contributed by atoms with E-state index in [9.17, 15) is 4.79 Å². The predicted octanol–water partition coefficient (Wildman–Crippen LogP) is 4.14. The number of carbonyl (C=O) groups excluding carboxylic acids is 1. The Kier molecular flexibility index (Phi) is 5.81. The molecular formula is C17H24O3. The molecule has 3 nitrogen and oxygen atoms in total. The molecule has 0 atom stereocenters. The third-order valence-corrected chi connectivity index (χ3v) is 2.52. The molecule has 0 saturated carbocycles. The second kappa shape index (κ2) is 7.13. The third kappa shape index (κ3) is 5.91. The Labute approximate surface area is 121 Å². The number of hydrogen-bond acceptors (Lipinski definition) is 3. The average molecular weight is 276 g/mol. The number of esters is 1. The minimum Gasteiger partial charge on any atom is -0.488 e. The van der Waals surface area contributed by atoms with Crippen LogP contribution in [-0.4, -0.2) is 18.2 Å². The van der Waals surface area contributed by atoms with Crippen LogP contribution in [0.1, 0.15) is 45.2 Å². The van der Waals surface area contributed by atoms with Crippen LogP contribution in [0.3, 0.4) is 0 Å². The van der Waals surface area contributed by atoms with Gasteiger partial charge in [0.05, 0.1) is 13.0 Å². The molecule has 0 N–H and O–H groups in total. The summed E-state index contributed by atoms with van der Waals surface area (Å²) in [5, 5.41) is 0. The Morgan fingerprint density at radius 3 is 2.55 bits per heavy atom. The van der Waals surface area contributed by atoms with E-state index in [-0.39, 0.29) is 11.6 Å². The summed E-state index contributed by atoms with van der Waals surface area (Å²) in [5.41, 5.74) is 1.93. The SMILES string of the molecule is CCOC(=O)C/C=C/c1ccc(OC(C)(C)C)c(C)c1. The zero-order valence-corrected chi connectivity index (χ0v) is 13.0. The molecule has 0 fully saturated rings. The normalized spacial score (nSPS) is 11.7. The molecule has 0 radical (unpaired) electrons. The standard InChI is InChI=1S/C17H24O3/c1-6-19-16(18)9-7-8-14-10-11-15(13(2)12-14)20-17(3,4)5/h7-8,10-12H,6,9H2,1-5H3/b8-7+. The van der Waals surface area contributed by atoms with Gasteiger partial charge in [0.1, 0.15) is 11.4 Å². The minimum absolute atomic E-state index is 0.201. The molecule has 0 aliphatic heterocycles. The van der Waals surface area contributed by atoms with Gasteiger partial charge in [-0.2, -0.15) is 0 Å². The Bertz CT molecular complexity index is 481. The van der Waals surface area contributed by atoms with Crippen molar-refractivity contribution in [2.24, 2.45) is 0 Å². The van der Waals surface area contributed by atoms with Crippen LogP contribution in [0, 0.1) is 6.92 Å². The highest BCUT2D eigenvalue weighted by Crippen LogP contribution is 2.24. The van der Waals surface area contributed by atoms with Crippen LogP contribution in [0.5, 0.6) is 5.75 Å². The molecule has 1 aromatic rings. The first kappa shape index (κ1) is 16.3. The monoisotopic (exact) mass is 276 g/mol. The van der Waals surface area contributed by atoms with Gasteiger partial charge in [0.2, 0.25) is 0 Å². The Morgan fingerprint density at radius 2 is 2.00 bits per heavy atom. The van der Waals surface area contributed by atoms with Crippen LogP contribution in [0.4, 0.5) is 0 Å². The highest BCUT2D eigenvalue weighted by Gasteiger charge is 2.13. The van der Waals surface area contributed by atoms with Crippen molar-refractivity contribution in [1.82, 2.24) is 0 Å². The highest BCUT2D eigenvalue weighted by atomic mass is 16.5. The fraction of sp³-hybridized carbons (Fsp3) is 0.471. The van der Waals surface area contributed by atoms with E-state index in [0.717, 1.165) is 16.9 Å². The van der Waals surface area contributed by atoms with E-state index in [1.165, 1.54) is 0 Å². The van der Waals surface area contributed by atoms with Crippen molar-refractivity contribution in [3.63, 3.8) is 0 Å². The number of benzene rings is 1. The average Bonchev–Trinajstić information content (AvgIpc) is 2.31. The van der Waals surface area contributed by atoms with Crippen LogP contribution in [0.25, 0.3) is 6.08 Å². The van der Waals surface area contributed by atoms with Crippen LogP contribution >= 0.6 is 0 Å². The van der Waals surface area contributed by atoms with Crippen LogP contribution < -0.4 is 4.74 Å². The van der Waals surface area contributed by atoms with E-state index >= 15 is 0 Å². The maximum atomic E-state index is 11.2. The van der Waals surface area contributed by atoms with Crippen molar-refractivity contribution in [2.45, 2.75) is 46.6 Å². The number of carbonyl (C=O) groups is 1. The molecule has 3 heteroatoms. The van der Waals surface area contributed by atoms with Gasteiger partial charge in [0.25, 0.3) is 0 Å².